The molecule has 0 aliphatic carbocycles. The Hall–Kier alpha value is -1.29. The third-order valence-electron chi connectivity index (χ3n) is 4.98. The van der Waals surface area contributed by atoms with Gasteiger partial charge in [-0.25, -0.2) is 0 Å². The second-order valence-corrected chi connectivity index (χ2v) is 6.82. The number of hydrogen-bond acceptors (Lipinski definition) is 3. The van der Waals surface area contributed by atoms with E-state index in [-0.39, 0.29) is 11.2 Å². The van der Waals surface area contributed by atoms with Gasteiger partial charge in [0.25, 0.3) is 0 Å². The van der Waals surface area contributed by atoms with E-state index in [1.807, 2.05) is 0 Å². The van der Waals surface area contributed by atoms with Crippen molar-refractivity contribution in [2.24, 2.45) is 0 Å². The summed E-state index contributed by atoms with van der Waals surface area (Å²) in [6, 6.07) is 2.01. The third kappa shape index (κ3) is 5.10. The van der Waals surface area contributed by atoms with Crippen LogP contribution in [0.15, 0.2) is 17.1 Å². The fourth-order valence-electron chi connectivity index (χ4n) is 3.56. The Morgan fingerprint density at radius 2 is 1.91 bits per heavy atom. The van der Waals surface area contributed by atoms with E-state index in [9.17, 15) is 9.90 Å². The third-order valence-corrected chi connectivity index (χ3v) is 4.98. The molecule has 1 unspecified atom stereocenters. The van der Waals surface area contributed by atoms with Gasteiger partial charge in [-0.05, 0) is 38.8 Å². The molecule has 0 amide bonds. The summed E-state index contributed by atoms with van der Waals surface area (Å²) in [5, 5.41) is 9.90. The number of hydrogen-bond donors (Lipinski definition) is 1. The maximum Gasteiger partial charge on any atom is 0.223 e. The summed E-state index contributed by atoms with van der Waals surface area (Å²) >= 11 is 0. The van der Waals surface area contributed by atoms with Gasteiger partial charge in [-0.1, -0.05) is 39.5 Å². The monoisotopic (exact) mass is 320 g/mol. The number of rotatable bonds is 8. The Labute approximate surface area is 140 Å². The molecule has 2 heterocycles. The van der Waals surface area contributed by atoms with Crippen LogP contribution in [0.25, 0.3) is 0 Å². The lowest BCUT2D eigenvalue weighted by Crippen LogP contribution is -2.31. The Bertz CT molecular complexity index is 533. The van der Waals surface area contributed by atoms with Gasteiger partial charge < -0.3 is 9.67 Å². The Morgan fingerprint density at radius 1 is 1.17 bits per heavy atom. The molecule has 4 heteroatoms. The smallest absolute Gasteiger partial charge is 0.223 e. The standard InChI is InChI=1S/C19H32N2O2/c1-3-5-7-10-16(4-2)21-15-19(23)18(22)13-17(21)14-20-11-8-6-9-12-20/h13,15-16,23H,3-12,14H2,1-2H3. The first kappa shape index (κ1) is 18.1. The second kappa shape index (κ2) is 9.11. The van der Waals surface area contributed by atoms with Gasteiger partial charge >= 0.3 is 0 Å². The maximum atomic E-state index is 11.9. The molecule has 4 nitrogen and oxygen atoms in total. The Morgan fingerprint density at radius 3 is 2.57 bits per heavy atom. The van der Waals surface area contributed by atoms with Crippen molar-refractivity contribution in [1.29, 1.82) is 0 Å². The summed E-state index contributed by atoms with van der Waals surface area (Å²) in [6.45, 7) is 7.45. The Kier molecular flexibility index (Phi) is 7.15. The van der Waals surface area contributed by atoms with E-state index in [0.29, 0.717) is 6.04 Å². The van der Waals surface area contributed by atoms with E-state index in [4.69, 9.17) is 0 Å². The quantitative estimate of drug-likeness (QED) is 0.734. The molecular weight excluding hydrogens is 288 g/mol. The summed E-state index contributed by atoms with van der Waals surface area (Å²) in [6.07, 6.45) is 11.3. The Balaban J connectivity index is 2.20. The van der Waals surface area contributed by atoms with E-state index >= 15 is 0 Å². The van der Waals surface area contributed by atoms with Crippen LogP contribution in [0.1, 0.15) is 76.9 Å². The lowest BCUT2D eigenvalue weighted by atomic mass is 10.0. The van der Waals surface area contributed by atoms with Crippen LogP contribution < -0.4 is 5.43 Å². The zero-order valence-corrected chi connectivity index (χ0v) is 14.8. The van der Waals surface area contributed by atoms with Crippen LogP contribution >= 0.6 is 0 Å². The highest BCUT2D eigenvalue weighted by atomic mass is 16.3. The number of likely N-dealkylation sites (tertiary alicyclic amines) is 1. The van der Waals surface area contributed by atoms with Crippen molar-refractivity contribution in [3.05, 3.63) is 28.2 Å². The van der Waals surface area contributed by atoms with Crippen LogP contribution in [0.3, 0.4) is 0 Å². The maximum absolute atomic E-state index is 11.9. The van der Waals surface area contributed by atoms with Crippen molar-refractivity contribution in [2.75, 3.05) is 13.1 Å². The zero-order valence-electron chi connectivity index (χ0n) is 14.8. The van der Waals surface area contributed by atoms with Crippen LogP contribution in [-0.2, 0) is 6.54 Å². The molecule has 0 spiro atoms. The van der Waals surface area contributed by atoms with Gasteiger partial charge in [-0.2, -0.15) is 0 Å². The number of aromatic nitrogens is 1. The van der Waals surface area contributed by atoms with Gasteiger partial charge in [0.15, 0.2) is 5.75 Å². The number of nitrogens with zero attached hydrogens (tertiary/aromatic N) is 2. The highest BCUT2D eigenvalue weighted by molar-refractivity contribution is 5.21. The van der Waals surface area contributed by atoms with E-state index in [1.54, 1.807) is 12.3 Å². The lowest BCUT2D eigenvalue weighted by Gasteiger charge is -2.30. The fraction of sp³-hybridized carbons (Fsp3) is 0.737. The first-order valence-corrected chi connectivity index (χ1v) is 9.32. The molecule has 1 aliphatic rings. The van der Waals surface area contributed by atoms with Crippen molar-refractivity contribution in [3.8, 4) is 5.75 Å². The molecule has 1 aliphatic heterocycles. The topological polar surface area (TPSA) is 45.5 Å². The van der Waals surface area contributed by atoms with E-state index in [0.717, 1.165) is 38.2 Å². The minimum Gasteiger partial charge on any atom is -0.503 e. The average molecular weight is 320 g/mol. The lowest BCUT2D eigenvalue weighted by molar-refractivity contribution is 0.212. The molecule has 0 aromatic carbocycles. The molecule has 0 bridgehead atoms. The normalized spacial score (nSPS) is 17.3. The highest BCUT2D eigenvalue weighted by Gasteiger charge is 2.17. The molecule has 0 saturated carbocycles. The molecule has 1 saturated heterocycles. The molecule has 1 fully saturated rings. The van der Waals surface area contributed by atoms with E-state index in [1.165, 1.54) is 38.5 Å². The van der Waals surface area contributed by atoms with E-state index in [2.05, 4.69) is 23.3 Å². The van der Waals surface area contributed by atoms with Gasteiger partial charge in [-0.3, -0.25) is 9.69 Å². The number of unbranched alkanes of at least 4 members (excludes halogenated alkanes) is 2. The first-order chi connectivity index (χ1) is 11.2. The van der Waals surface area contributed by atoms with Gasteiger partial charge in [0.05, 0.1) is 6.20 Å². The number of aromatic hydroxyl groups is 1. The SMILES string of the molecule is CCCCCC(CC)n1cc(O)c(=O)cc1CN1CCCCC1. The molecule has 2 rings (SSSR count). The van der Waals surface area contributed by atoms with Crippen molar-refractivity contribution < 1.29 is 5.11 Å². The van der Waals surface area contributed by atoms with Crippen LogP contribution in [0.5, 0.6) is 5.75 Å². The van der Waals surface area contributed by atoms with Gasteiger partial charge in [-0.15, -0.1) is 0 Å². The zero-order chi connectivity index (χ0) is 16.7. The predicted molar refractivity (Wildman–Crippen MR) is 95.0 cm³/mol. The highest BCUT2D eigenvalue weighted by Crippen LogP contribution is 2.24. The molecule has 1 N–H and O–H groups in total. The molecule has 23 heavy (non-hydrogen) atoms. The number of pyridine rings is 1. The summed E-state index contributed by atoms with van der Waals surface area (Å²) in [4.78, 5) is 14.4. The van der Waals surface area contributed by atoms with E-state index < -0.39 is 0 Å². The van der Waals surface area contributed by atoms with Crippen molar-refractivity contribution in [3.63, 3.8) is 0 Å². The summed E-state index contributed by atoms with van der Waals surface area (Å²) in [5.41, 5.74) is 0.801. The van der Waals surface area contributed by atoms with Gasteiger partial charge in [0, 0.05) is 24.3 Å². The summed E-state index contributed by atoms with van der Waals surface area (Å²) < 4.78 is 2.17. The van der Waals surface area contributed by atoms with Crippen molar-refractivity contribution >= 4 is 0 Å². The molecule has 1 aromatic rings. The number of piperidine rings is 1. The molecule has 130 valence electrons. The van der Waals surface area contributed by atoms with Crippen LogP contribution in [0, 0.1) is 0 Å². The van der Waals surface area contributed by atoms with Gasteiger partial charge in [0.1, 0.15) is 0 Å². The first-order valence-electron chi connectivity index (χ1n) is 9.32. The van der Waals surface area contributed by atoms with Crippen LogP contribution in [0.4, 0.5) is 0 Å². The minimum atomic E-state index is -0.253. The second-order valence-electron chi connectivity index (χ2n) is 6.82. The molecule has 1 atom stereocenters. The van der Waals surface area contributed by atoms with Gasteiger partial charge in [0.2, 0.25) is 5.43 Å². The molecule has 0 radical (unpaired) electrons. The fourth-order valence-corrected chi connectivity index (χ4v) is 3.56. The predicted octanol–water partition coefficient (Wildman–Crippen LogP) is 4.07. The average Bonchev–Trinajstić information content (AvgIpc) is 2.56. The minimum absolute atomic E-state index is 0.124. The molecule has 1 aromatic heterocycles. The van der Waals surface area contributed by atoms with Crippen molar-refractivity contribution in [1.82, 2.24) is 9.47 Å². The van der Waals surface area contributed by atoms with Crippen LogP contribution in [-0.4, -0.2) is 27.7 Å². The van der Waals surface area contributed by atoms with Crippen LogP contribution in [0.2, 0.25) is 0 Å². The summed E-state index contributed by atoms with van der Waals surface area (Å²) in [7, 11) is 0. The largest absolute Gasteiger partial charge is 0.503 e. The summed E-state index contributed by atoms with van der Waals surface area (Å²) in [5.74, 6) is -0.124. The molecular formula is C19H32N2O2. The van der Waals surface area contributed by atoms with Crippen molar-refractivity contribution in [2.45, 2.75) is 77.8 Å².